The summed E-state index contributed by atoms with van der Waals surface area (Å²) < 4.78 is 12.5. The molecule has 0 aromatic heterocycles. The van der Waals surface area contributed by atoms with E-state index in [2.05, 4.69) is 80.6 Å². The number of carboxylic acids is 2. The second-order valence-electron chi connectivity index (χ2n) is 17.9. The molecule has 5 aliphatic carbocycles. The molecule has 11 rings (SSSR count). The van der Waals surface area contributed by atoms with Crippen LogP contribution in [-0.2, 0) is 10.8 Å². The van der Waals surface area contributed by atoms with Gasteiger partial charge >= 0.3 is 11.9 Å². The first-order valence-corrected chi connectivity index (χ1v) is 19.9. The van der Waals surface area contributed by atoms with Crippen molar-refractivity contribution in [1.29, 1.82) is 0 Å². The zero-order chi connectivity index (χ0) is 39.2. The highest BCUT2D eigenvalue weighted by Gasteiger charge is 2.61. The largest absolute Gasteiger partial charge is 0.478 e. The van der Waals surface area contributed by atoms with Gasteiger partial charge < -0.3 is 19.7 Å². The Bertz CT molecular complexity index is 2430. The van der Waals surface area contributed by atoms with E-state index < -0.39 is 17.4 Å². The van der Waals surface area contributed by atoms with E-state index in [-0.39, 0.29) is 16.5 Å². The minimum absolute atomic E-state index is 0.153. The molecule has 4 fully saturated rings. The van der Waals surface area contributed by atoms with Crippen LogP contribution in [0.2, 0.25) is 0 Å². The van der Waals surface area contributed by atoms with E-state index in [0.29, 0.717) is 33.8 Å². The number of benzene rings is 6. The average Bonchev–Trinajstić information content (AvgIpc) is 3.48. The number of ether oxygens (including phenoxy) is 2. The van der Waals surface area contributed by atoms with E-state index in [1.54, 1.807) is 48.5 Å². The van der Waals surface area contributed by atoms with Crippen LogP contribution < -0.4 is 9.47 Å². The highest BCUT2D eigenvalue weighted by Crippen LogP contribution is 2.70. The van der Waals surface area contributed by atoms with Crippen LogP contribution in [0.1, 0.15) is 101 Å². The van der Waals surface area contributed by atoms with Gasteiger partial charge in [-0.15, -0.1) is 0 Å². The lowest BCUT2D eigenvalue weighted by Crippen LogP contribution is -2.56. The molecule has 284 valence electrons. The van der Waals surface area contributed by atoms with Crippen LogP contribution in [0.3, 0.4) is 0 Å². The first-order chi connectivity index (χ1) is 27.4. The van der Waals surface area contributed by atoms with Crippen LogP contribution in [0, 0.1) is 16.7 Å². The number of hydrogen-bond acceptors (Lipinski definition) is 4. The minimum Gasteiger partial charge on any atom is -0.478 e. The summed E-state index contributed by atoms with van der Waals surface area (Å²) in [6.45, 7) is 5.10. The average molecular weight is 753 g/mol. The fraction of sp³-hybridized carbons (Fsp3) is 0.255. The predicted octanol–water partition coefficient (Wildman–Crippen LogP) is 12.3. The van der Waals surface area contributed by atoms with Gasteiger partial charge in [0.2, 0.25) is 0 Å². The number of fused-ring (bicyclic) bond motifs is 3. The smallest absolute Gasteiger partial charge is 0.335 e. The molecule has 0 heterocycles. The van der Waals surface area contributed by atoms with Crippen molar-refractivity contribution >= 4 is 11.9 Å². The Labute approximate surface area is 332 Å². The Morgan fingerprint density at radius 1 is 0.509 bits per heavy atom. The summed E-state index contributed by atoms with van der Waals surface area (Å²) in [5.74, 6) is 1.26. The third-order valence-electron chi connectivity index (χ3n) is 13.5. The molecule has 0 radical (unpaired) electrons. The first kappa shape index (κ1) is 35.3. The maximum atomic E-state index is 11.4. The van der Waals surface area contributed by atoms with E-state index in [1.807, 2.05) is 24.3 Å². The molecule has 0 aliphatic heterocycles. The van der Waals surface area contributed by atoms with Crippen molar-refractivity contribution in [2.45, 2.75) is 63.2 Å². The van der Waals surface area contributed by atoms with Gasteiger partial charge in [-0.2, -0.15) is 0 Å². The molecule has 6 aromatic carbocycles. The molecule has 4 saturated carbocycles. The molecule has 5 aliphatic rings. The first-order valence-electron chi connectivity index (χ1n) is 19.9. The van der Waals surface area contributed by atoms with E-state index in [4.69, 9.17) is 9.47 Å². The standard InChI is InChI=1S/C51H44O6/c1-48-26-32-27-49(2,29-48)31-50(28-32,30-48)37-15-24-43-42-5-3-4-6-44(42)51(45(43)25-37,35-11-20-40(21-12-35)56-38-16-7-33(8-17-38)46(52)53)36-13-22-41(23-14-36)57-39-18-9-34(10-19-39)47(54)55/h3-25,32H,26-31H2,1-2H3,(H,52,53)(H,54,55). The van der Waals surface area contributed by atoms with Gasteiger partial charge in [0, 0.05) is 0 Å². The highest BCUT2D eigenvalue weighted by atomic mass is 16.5. The van der Waals surface area contributed by atoms with Gasteiger partial charge in [-0.25, -0.2) is 9.59 Å². The van der Waals surface area contributed by atoms with Crippen molar-refractivity contribution in [2.24, 2.45) is 16.7 Å². The molecule has 6 aromatic rings. The van der Waals surface area contributed by atoms with E-state index >= 15 is 0 Å². The van der Waals surface area contributed by atoms with Gasteiger partial charge in [0.05, 0.1) is 16.5 Å². The van der Waals surface area contributed by atoms with Crippen LogP contribution in [-0.4, -0.2) is 22.2 Å². The molecule has 2 unspecified atom stereocenters. The number of carboxylic acid groups (broad SMARTS) is 2. The maximum Gasteiger partial charge on any atom is 0.335 e. The van der Waals surface area contributed by atoms with Crippen molar-refractivity contribution in [3.8, 4) is 34.1 Å². The lowest BCUT2D eigenvalue weighted by Gasteiger charge is -2.65. The summed E-state index contributed by atoms with van der Waals surface area (Å²) in [4.78, 5) is 22.9. The van der Waals surface area contributed by atoms with E-state index in [1.165, 1.54) is 66.3 Å². The van der Waals surface area contributed by atoms with Gasteiger partial charge in [-0.3, -0.25) is 0 Å². The molecule has 0 amide bonds. The van der Waals surface area contributed by atoms with Crippen LogP contribution in [0.5, 0.6) is 23.0 Å². The summed E-state index contributed by atoms with van der Waals surface area (Å²) in [5.41, 5.74) is 9.33. The predicted molar refractivity (Wildman–Crippen MR) is 220 cm³/mol. The zero-order valence-corrected chi connectivity index (χ0v) is 32.1. The van der Waals surface area contributed by atoms with E-state index in [0.717, 1.165) is 17.0 Å². The van der Waals surface area contributed by atoms with Crippen molar-refractivity contribution in [3.05, 3.63) is 178 Å². The summed E-state index contributed by atoms with van der Waals surface area (Å²) in [6.07, 6.45) is 7.76. The molecule has 4 bridgehead atoms. The number of hydrogen-bond donors (Lipinski definition) is 2. The van der Waals surface area contributed by atoms with Crippen molar-refractivity contribution in [2.75, 3.05) is 0 Å². The minimum atomic E-state index is -0.975. The molecule has 57 heavy (non-hydrogen) atoms. The second kappa shape index (κ2) is 12.7. The highest BCUT2D eigenvalue weighted by molar-refractivity contribution is 5.89. The topological polar surface area (TPSA) is 93.1 Å². The molecular weight excluding hydrogens is 709 g/mol. The quantitative estimate of drug-likeness (QED) is 0.152. The molecule has 0 saturated heterocycles. The van der Waals surface area contributed by atoms with Crippen molar-refractivity contribution in [1.82, 2.24) is 0 Å². The molecule has 0 spiro atoms. The molecule has 2 atom stereocenters. The van der Waals surface area contributed by atoms with Crippen molar-refractivity contribution < 1.29 is 29.3 Å². The summed E-state index contributed by atoms with van der Waals surface area (Å²) >= 11 is 0. The van der Waals surface area contributed by atoms with Crippen LogP contribution >= 0.6 is 0 Å². The van der Waals surface area contributed by atoms with Crippen LogP contribution in [0.25, 0.3) is 11.1 Å². The fourth-order valence-corrected chi connectivity index (χ4v) is 12.3. The third-order valence-corrected chi connectivity index (χ3v) is 13.5. The Morgan fingerprint density at radius 3 is 1.42 bits per heavy atom. The van der Waals surface area contributed by atoms with Gasteiger partial charge in [0.15, 0.2) is 0 Å². The van der Waals surface area contributed by atoms with Crippen molar-refractivity contribution in [3.63, 3.8) is 0 Å². The lowest BCUT2D eigenvalue weighted by molar-refractivity contribution is -0.110. The number of rotatable bonds is 9. The molecular formula is C51H44O6. The third kappa shape index (κ3) is 5.76. The van der Waals surface area contributed by atoms with Crippen LogP contribution in [0.4, 0.5) is 0 Å². The SMILES string of the molecule is CC12CC3CC(C)(C1)CC(c1ccc4c(c1)C(c1ccc(Oc5ccc(C(=O)O)cc5)cc1)(c1ccc(Oc5ccc(C(=O)O)cc5)cc1)c1ccccc1-4)(C3)C2. The monoisotopic (exact) mass is 752 g/mol. The Balaban J connectivity index is 1.11. The second-order valence-corrected chi connectivity index (χ2v) is 17.9. The summed E-state index contributed by atoms with van der Waals surface area (Å²) in [7, 11) is 0. The van der Waals surface area contributed by atoms with Gasteiger partial charge in [-0.05, 0) is 172 Å². The number of carbonyl (C=O) groups is 2. The van der Waals surface area contributed by atoms with Gasteiger partial charge in [-0.1, -0.05) is 80.6 Å². The van der Waals surface area contributed by atoms with E-state index in [9.17, 15) is 19.8 Å². The Kier molecular flexibility index (Phi) is 7.85. The molecule has 6 nitrogen and oxygen atoms in total. The fourth-order valence-electron chi connectivity index (χ4n) is 12.3. The Hall–Kier alpha value is -6.14. The summed E-state index contributed by atoms with van der Waals surface area (Å²) in [6, 6.07) is 45.8. The summed E-state index contributed by atoms with van der Waals surface area (Å²) in [5, 5.41) is 18.7. The molecule has 6 heteroatoms. The zero-order valence-electron chi connectivity index (χ0n) is 32.1. The van der Waals surface area contributed by atoms with Crippen LogP contribution in [0.15, 0.2) is 140 Å². The van der Waals surface area contributed by atoms with Gasteiger partial charge in [0.25, 0.3) is 0 Å². The maximum absolute atomic E-state index is 11.4. The van der Waals surface area contributed by atoms with Gasteiger partial charge in [0.1, 0.15) is 23.0 Å². The lowest BCUT2D eigenvalue weighted by atomic mass is 9.39. The number of aromatic carboxylic acids is 2. The Morgan fingerprint density at radius 2 is 0.947 bits per heavy atom. The molecule has 2 N–H and O–H groups in total. The normalized spacial score (nSPS) is 24.7.